The van der Waals surface area contributed by atoms with Crippen molar-refractivity contribution in [3.05, 3.63) is 54.1 Å². The van der Waals surface area contributed by atoms with E-state index in [1.165, 1.54) is 18.2 Å². The van der Waals surface area contributed by atoms with Crippen LogP contribution in [0.4, 0.5) is 5.69 Å². The van der Waals surface area contributed by atoms with E-state index in [9.17, 15) is 13.2 Å². The maximum Gasteiger partial charge on any atom is 0.248 e. The Labute approximate surface area is 166 Å². The smallest absolute Gasteiger partial charge is 0.248 e. The van der Waals surface area contributed by atoms with Crippen LogP contribution in [0.5, 0.6) is 11.5 Å². The van der Waals surface area contributed by atoms with Crippen molar-refractivity contribution in [3.8, 4) is 11.5 Å². The summed E-state index contributed by atoms with van der Waals surface area (Å²) in [6.07, 6.45) is 6.22. The number of anilines is 1. The van der Waals surface area contributed by atoms with Gasteiger partial charge in [0.15, 0.2) is 21.3 Å². The first-order valence-electron chi connectivity index (χ1n) is 8.93. The predicted octanol–water partition coefficient (Wildman–Crippen LogP) is 3.93. The second-order valence-corrected chi connectivity index (χ2v) is 8.25. The van der Waals surface area contributed by atoms with Crippen molar-refractivity contribution in [2.24, 2.45) is 0 Å². The van der Waals surface area contributed by atoms with Gasteiger partial charge in [-0.25, -0.2) is 8.42 Å². The summed E-state index contributed by atoms with van der Waals surface area (Å²) in [5, 5.41) is 2.69. The largest absolute Gasteiger partial charge is 0.493 e. The first-order valence-corrected chi connectivity index (χ1v) is 10.8. The maximum absolute atomic E-state index is 12.1. The summed E-state index contributed by atoms with van der Waals surface area (Å²) in [5.41, 5.74) is 1.31. The van der Waals surface area contributed by atoms with E-state index in [4.69, 9.17) is 9.47 Å². The van der Waals surface area contributed by atoms with Crippen molar-refractivity contribution in [2.45, 2.75) is 24.7 Å². The number of carbonyl (C=O) groups is 1. The Morgan fingerprint density at radius 3 is 2.43 bits per heavy atom. The third-order valence-electron chi connectivity index (χ3n) is 3.92. The van der Waals surface area contributed by atoms with Gasteiger partial charge in [0.25, 0.3) is 0 Å². The van der Waals surface area contributed by atoms with Crippen LogP contribution in [0.2, 0.25) is 0 Å². The van der Waals surface area contributed by atoms with Gasteiger partial charge in [0.2, 0.25) is 5.91 Å². The molecule has 0 aliphatic carbocycles. The molecule has 2 aromatic rings. The Balaban J connectivity index is 2.01. The average Bonchev–Trinajstić information content (AvgIpc) is 2.67. The lowest BCUT2D eigenvalue weighted by atomic mass is 10.2. The van der Waals surface area contributed by atoms with Gasteiger partial charge in [0.05, 0.1) is 18.6 Å². The quantitative estimate of drug-likeness (QED) is 0.507. The Kier molecular flexibility index (Phi) is 7.63. The lowest BCUT2D eigenvalue weighted by Gasteiger charge is -2.11. The van der Waals surface area contributed by atoms with Crippen molar-refractivity contribution < 1.29 is 22.7 Å². The molecular weight excluding hydrogens is 378 g/mol. The van der Waals surface area contributed by atoms with E-state index in [1.807, 2.05) is 12.1 Å². The number of methoxy groups -OCH3 is 1. The normalized spacial score (nSPS) is 11.4. The predicted molar refractivity (Wildman–Crippen MR) is 111 cm³/mol. The minimum atomic E-state index is -3.26. The number of unbranched alkanes of at least 4 members (excludes halogenated alkanes) is 1. The molecule has 1 amide bonds. The van der Waals surface area contributed by atoms with Gasteiger partial charge in [-0.05, 0) is 54.5 Å². The van der Waals surface area contributed by atoms with Crippen LogP contribution in [-0.2, 0) is 14.6 Å². The van der Waals surface area contributed by atoms with E-state index in [2.05, 4.69) is 12.2 Å². The first-order chi connectivity index (χ1) is 13.3. The number of carbonyl (C=O) groups excluding carboxylic acids is 1. The molecule has 0 saturated carbocycles. The van der Waals surface area contributed by atoms with E-state index in [-0.39, 0.29) is 10.8 Å². The molecule has 0 saturated heterocycles. The molecule has 28 heavy (non-hydrogen) atoms. The third-order valence-corrected chi connectivity index (χ3v) is 5.05. The zero-order valence-corrected chi connectivity index (χ0v) is 17.1. The fourth-order valence-electron chi connectivity index (χ4n) is 2.37. The Bertz CT molecular complexity index is 934. The number of sulfone groups is 1. The molecule has 0 radical (unpaired) electrons. The Morgan fingerprint density at radius 2 is 1.82 bits per heavy atom. The number of benzene rings is 2. The van der Waals surface area contributed by atoms with Crippen molar-refractivity contribution >= 4 is 27.5 Å². The first kappa shape index (κ1) is 21.5. The van der Waals surface area contributed by atoms with Gasteiger partial charge in [-0.3, -0.25) is 4.79 Å². The van der Waals surface area contributed by atoms with Gasteiger partial charge in [0, 0.05) is 18.0 Å². The molecule has 1 N–H and O–H groups in total. The lowest BCUT2D eigenvalue weighted by Crippen LogP contribution is -2.08. The molecule has 0 aromatic heterocycles. The van der Waals surface area contributed by atoms with Crippen LogP contribution in [0.15, 0.2) is 53.4 Å². The summed E-state index contributed by atoms with van der Waals surface area (Å²) >= 11 is 0. The van der Waals surface area contributed by atoms with E-state index in [0.29, 0.717) is 23.8 Å². The van der Waals surface area contributed by atoms with Crippen molar-refractivity contribution in [1.82, 2.24) is 0 Å². The fraction of sp³-hybridized carbons (Fsp3) is 0.286. The van der Waals surface area contributed by atoms with Crippen LogP contribution in [0.3, 0.4) is 0 Å². The van der Waals surface area contributed by atoms with Gasteiger partial charge < -0.3 is 14.8 Å². The Morgan fingerprint density at radius 1 is 1.11 bits per heavy atom. The summed E-state index contributed by atoms with van der Waals surface area (Å²) in [7, 11) is -1.69. The lowest BCUT2D eigenvalue weighted by molar-refractivity contribution is -0.111. The number of hydrogen-bond donors (Lipinski definition) is 1. The molecule has 0 aliphatic rings. The molecule has 7 heteroatoms. The van der Waals surface area contributed by atoms with Gasteiger partial charge in [-0.2, -0.15) is 0 Å². The van der Waals surface area contributed by atoms with Crippen molar-refractivity contribution in [1.29, 1.82) is 0 Å². The van der Waals surface area contributed by atoms with Gasteiger partial charge in [-0.1, -0.05) is 19.4 Å². The van der Waals surface area contributed by atoms with E-state index in [0.717, 1.165) is 24.7 Å². The molecule has 2 rings (SSSR count). The highest BCUT2D eigenvalue weighted by atomic mass is 32.2. The molecule has 0 spiro atoms. The minimum absolute atomic E-state index is 0.203. The molecular formula is C21H25NO5S. The summed E-state index contributed by atoms with van der Waals surface area (Å²) in [5.74, 6) is 0.952. The summed E-state index contributed by atoms with van der Waals surface area (Å²) < 4.78 is 34.0. The zero-order valence-electron chi connectivity index (χ0n) is 16.3. The second kappa shape index (κ2) is 9.94. The molecule has 0 unspecified atom stereocenters. The van der Waals surface area contributed by atoms with E-state index >= 15 is 0 Å². The van der Waals surface area contributed by atoms with Gasteiger partial charge >= 0.3 is 0 Å². The van der Waals surface area contributed by atoms with Crippen LogP contribution in [-0.4, -0.2) is 34.3 Å². The molecule has 150 valence electrons. The summed E-state index contributed by atoms with van der Waals surface area (Å²) in [4.78, 5) is 12.3. The molecule has 0 heterocycles. The SMILES string of the molecule is CCCCOc1ccc(C=CC(=O)Nc2ccc(S(C)(=O)=O)cc2)cc1OC. The number of ether oxygens (including phenoxy) is 2. The molecule has 6 nitrogen and oxygen atoms in total. The minimum Gasteiger partial charge on any atom is -0.493 e. The van der Waals surface area contributed by atoms with Gasteiger partial charge in [0.1, 0.15) is 0 Å². The van der Waals surface area contributed by atoms with Crippen molar-refractivity contribution in [2.75, 3.05) is 25.3 Å². The van der Waals surface area contributed by atoms with Crippen molar-refractivity contribution in [3.63, 3.8) is 0 Å². The van der Waals surface area contributed by atoms with E-state index in [1.54, 1.807) is 31.4 Å². The number of rotatable bonds is 9. The summed E-state index contributed by atoms with van der Waals surface area (Å²) in [6, 6.07) is 11.5. The van der Waals surface area contributed by atoms with E-state index < -0.39 is 9.84 Å². The highest BCUT2D eigenvalue weighted by Gasteiger charge is 2.07. The highest BCUT2D eigenvalue weighted by molar-refractivity contribution is 7.90. The number of nitrogens with one attached hydrogen (secondary N) is 1. The molecule has 0 aliphatic heterocycles. The summed E-state index contributed by atoms with van der Waals surface area (Å²) in [6.45, 7) is 2.72. The Hall–Kier alpha value is -2.80. The van der Waals surface area contributed by atoms with Crippen LogP contribution in [0.1, 0.15) is 25.3 Å². The monoisotopic (exact) mass is 403 g/mol. The zero-order chi connectivity index (χ0) is 20.6. The maximum atomic E-state index is 12.1. The van der Waals surface area contributed by atoms with Crippen LogP contribution >= 0.6 is 0 Å². The third kappa shape index (κ3) is 6.42. The highest BCUT2D eigenvalue weighted by Crippen LogP contribution is 2.28. The van der Waals surface area contributed by atoms with Crippen LogP contribution < -0.4 is 14.8 Å². The number of amides is 1. The fourth-order valence-corrected chi connectivity index (χ4v) is 3.01. The molecule has 2 aromatic carbocycles. The average molecular weight is 404 g/mol. The standard InChI is InChI=1S/C21H25NO5S/c1-4-5-14-27-19-12-6-16(15-20(19)26-2)7-13-21(23)22-17-8-10-18(11-9-17)28(3,24)25/h6-13,15H,4-5,14H2,1-3H3,(H,22,23). The molecule has 0 bridgehead atoms. The van der Waals surface area contributed by atoms with Crippen LogP contribution in [0, 0.1) is 0 Å². The topological polar surface area (TPSA) is 81.7 Å². The molecule has 0 atom stereocenters. The second-order valence-electron chi connectivity index (χ2n) is 6.23. The van der Waals surface area contributed by atoms with Crippen LogP contribution in [0.25, 0.3) is 6.08 Å². The molecule has 0 fully saturated rings. The number of hydrogen-bond acceptors (Lipinski definition) is 5. The van der Waals surface area contributed by atoms with Gasteiger partial charge in [-0.15, -0.1) is 0 Å².